The van der Waals surface area contributed by atoms with Crippen LogP contribution in [-0.2, 0) is 0 Å². The molecule has 0 radical (unpaired) electrons. The minimum atomic E-state index is 1.03. The Balaban J connectivity index is 2.31. The van der Waals surface area contributed by atoms with Gasteiger partial charge in [0.2, 0.25) is 0 Å². The molecule has 0 saturated heterocycles. The SMILES string of the molecule is CCN(CC)CCCNc1cc(C)nc(C)c1. The number of anilines is 1. The van der Waals surface area contributed by atoms with E-state index in [0.717, 1.165) is 31.0 Å². The molecule has 0 fully saturated rings. The van der Waals surface area contributed by atoms with Gasteiger partial charge in [-0.25, -0.2) is 0 Å². The van der Waals surface area contributed by atoms with E-state index in [2.05, 4.69) is 41.2 Å². The van der Waals surface area contributed by atoms with E-state index in [4.69, 9.17) is 0 Å². The summed E-state index contributed by atoms with van der Waals surface area (Å²) in [5, 5.41) is 3.46. The second-order valence-electron chi connectivity index (χ2n) is 4.45. The Morgan fingerprint density at radius 2 is 1.71 bits per heavy atom. The molecule has 1 rings (SSSR count). The fourth-order valence-corrected chi connectivity index (χ4v) is 2.01. The zero-order valence-corrected chi connectivity index (χ0v) is 11.6. The van der Waals surface area contributed by atoms with Crippen LogP contribution in [0.5, 0.6) is 0 Å². The van der Waals surface area contributed by atoms with Gasteiger partial charge in [0.25, 0.3) is 0 Å². The lowest BCUT2D eigenvalue weighted by atomic mass is 10.2. The number of hydrogen-bond acceptors (Lipinski definition) is 3. The van der Waals surface area contributed by atoms with E-state index >= 15 is 0 Å². The lowest BCUT2D eigenvalue weighted by Gasteiger charge is -2.18. The molecule has 3 nitrogen and oxygen atoms in total. The molecule has 0 amide bonds. The summed E-state index contributed by atoms with van der Waals surface area (Å²) >= 11 is 0. The smallest absolute Gasteiger partial charge is 0.0396 e. The van der Waals surface area contributed by atoms with Crippen LogP contribution in [0.25, 0.3) is 0 Å². The monoisotopic (exact) mass is 235 g/mol. The number of nitrogens with zero attached hydrogens (tertiary/aromatic N) is 2. The molecule has 3 heteroatoms. The number of aryl methyl sites for hydroxylation is 2. The van der Waals surface area contributed by atoms with Crippen molar-refractivity contribution in [2.45, 2.75) is 34.1 Å². The Hall–Kier alpha value is -1.09. The van der Waals surface area contributed by atoms with Gasteiger partial charge >= 0.3 is 0 Å². The summed E-state index contributed by atoms with van der Waals surface area (Å²) in [5.41, 5.74) is 3.35. The molecule has 0 aliphatic rings. The Bertz CT molecular complexity index is 312. The molecule has 0 spiro atoms. The molecule has 96 valence electrons. The van der Waals surface area contributed by atoms with Gasteiger partial charge in [0.05, 0.1) is 0 Å². The maximum absolute atomic E-state index is 4.37. The second-order valence-corrected chi connectivity index (χ2v) is 4.45. The summed E-state index contributed by atoms with van der Waals surface area (Å²) in [6.45, 7) is 13.0. The lowest BCUT2D eigenvalue weighted by Crippen LogP contribution is -2.25. The molecular weight excluding hydrogens is 210 g/mol. The minimum absolute atomic E-state index is 1.03. The number of pyridine rings is 1. The van der Waals surface area contributed by atoms with Gasteiger partial charge in [0.15, 0.2) is 0 Å². The molecule has 0 atom stereocenters. The Kier molecular flexibility index (Phi) is 5.98. The second kappa shape index (κ2) is 7.28. The molecule has 17 heavy (non-hydrogen) atoms. The molecule has 0 unspecified atom stereocenters. The summed E-state index contributed by atoms with van der Waals surface area (Å²) < 4.78 is 0. The summed E-state index contributed by atoms with van der Waals surface area (Å²) in [6, 6.07) is 4.20. The van der Waals surface area contributed by atoms with Crippen molar-refractivity contribution in [1.29, 1.82) is 0 Å². The van der Waals surface area contributed by atoms with Gasteiger partial charge < -0.3 is 10.2 Å². The Morgan fingerprint density at radius 1 is 1.12 bits per heavy atom. The number of hydrogen-bond donors (Lipinski definition) is 1. The van der Waals surface area contributed by atoms with Crippen LogP contribution >= 0.6 is 0 Å². The van der Waals surface area contributed by atoms with Crippen molar-refractivity contribution in [2.24, 2.45) is 0 Å². The third-order valence-electron chi connectivity index (χ3n) is 2.96. The van der Waals surface area contributed by atoms with Crippen LogP contribution in [0.2, 0.25) is 0 Å². The van der Waals surface area contributed by atoms with Gasteiger partial charge in [-0.15, -0.1) is 0 Å². The van der Waals surface area contributed by atoms with E-state index in [-0.39, 0.29) is 0 Å². The molecule has 1 N–H and O–H groups in total. The first-order valence-corrected chi connectivity index (χ1v) is 6.57. The first-order chi connectivity index (χ1) is 8.15. The maximum atomic E-state index is 4.37. The first kappa shape index (κ1) is 14.0. The predicted octanol–water partition coefficient (Wildman–Crippen LogP) is 2.84. The highest BCUT2D eigenvalue weighted by Gasteiger charge is 1.99. The van der Waals surface area contributed by atoms with Crippen molar-refractivity contribution in [3.63, 3.8) is 0 Å². The minimum Gasteiger partial charge on any atom is -0.385 e. The first-order valence-electron chi connectivity index (χ1n) is 6.57. The molecule has 0 aliphatic heterocycles. The molecule has 0 aliphatic carbocycles. The van der Waals surface area contributed by atoms with E-state index in [1.807, 2.05) is 13.8 Å². The highest BCUT2D eigenvalue weighted by Crippen LogP contribution is 2.10. The predicted molar refractivity (Wildman–Crippen MR) is 74.6 cm³/mol. The Labute approximate surface area is 105 Å². The molecule has 0 bridgehead atoms. The van der Waals surface area contributed by atoms with Gasteiger partial charge in [0.1, 0.15) is 0 Å². The van der Waals surface area contributed by atoms with E-state index < -0.39 is 0 Å². The van der Waals surface area contributed by atoms with Gasteiger partial charge in [0, 0.05) is 23.6 Å². The van der Waals surface area contributed by atoms with Crippen molar-refractivity contribution in [3.8, 4) is 0 Å². The van der Waals surface area contributed by atoms with Crippen LogP contribution in [0.4, 0.5) is 5.69 Å². The van der Waals surface area contributed by atoms with Crippen molar-refractivity contribution in [3.05, 3.63) is 23.5 Å². The third kappa shape index (κ3) is 5.18. The van der Waals surface area contributed by atoms with Crippen molar-refractivity contribution in [2.75, 3.05) is 31.5 Å². The third-order valence-corrected chi connectivity index (χ3v) is 2.96. The number of aromatic nitrogens is 1. The van der Waals surface area contributed by atoms with E-state index in [1.54, 1.807) is 0 Å². The number of rotatable bonds is 7. The summed E-state index contributed by atoms with van der Waals surface area (Å²) in [6.07, 6.45) is 1.18. The van der Waals surface area contributed by atoms with E-state index in [0.29, 0.717) is 0 Å². The van der Waals surface area contributed by atoms with Crippen LogP contribution in [0, 0.1) is 13.8 Å². The lowest BCUT2D eigenvalue weighted by molar-refractivity contribution is 0.303. The van der Waals surface area contributed by atoms with Gasteiger partial charge in [-0.05, 0) is 52.0 Å². The van der Waals surface area contributed by atoms with Crippen LogP contribution in [0.3, 0.4) is 0 Å². The van der Waals surface area contributed by atoms with Crippen molar-refractivity contribution < 1.29 is 0 Å². The zero-order chi connectivity index (χ0) is 12.7. The fraction of sp³-hybridized carbons (Fsp3) is 0.643. The van der Waals surface area contributed by atoms with Crippen LogP contribution < -0.4 is 5.32 Å². The van der Waals surface area contributed by atoms with E-state index in [1.165, 1.54) is 18.7 Å². The highest BCUT2D eigenvalue weighted by atomic mass is 15.1. The quantitative estimate of drug-likeness (QED) is 0.737. The standard InChI is InChI=1S/C14H25N3/c1-5-17(6-2)9-7-8-15-14-10-12(3)16-13(4)11-14/h10-11H,5-9H2,1-4H3,(H,15,16). The molecule has 0 aromatic carbocycles. The van der Waals surface area contributed by atoms with Crippen LogP contribution in [0.15, 0.2) is 12.1 Å². The molecule has 1 aromatic rings. The summed E-state index contributed by atoms with van der Waals surface area (Å²) in [7, 11) is 0. The Morgan fingerprint density at radius 3 is 2.24 bits per heavy atom. The topological polar surface area (TPSA) is 28.2 Å². The van der Waals surface area contributed by atoms with Crippen LogP contribution in [-0.4, -0.2) is 36.1 Å². The van der Waals surface area contributed by atoms with Gasteiger partial charge in [-0.2, -0.15) is 0 Å². The zero-order valence-electron chi connectivity index (χ0n) is 11.6. The normalized spacial score (nSPS) is 10.9. The average molecular weight is 235 g/mol. The van der Waals surface area contributed by atoms with Crippen LogP contribution in [0.1, 0.15) is 31.7 Å². The van der Waals surface area contributed by atoms with Gasteiger partial charge in [-0.1, -0.05) is 13.8 Å². The van der Waals surface area contributed by atoms with E-state index in [9.17, 15) is 0 Å². The van der Waals surface area contributed by atoms with Crippen molar-refractivity contribution in [1.82, 2.24) is 9.88 Å². The maximum Gasteiger partial charge on any atom is 0.0396 e. The molecule has 1 heterocycles. The number of nitrogens with one attached hydrogen (secondary N) is 1. The summed E-state index contributed by atoms with van der Waals surface area (Å²) in [4.78, 5) is 6.82. The molecule has 1 aromatic heterocycles. The largest absolute Gasteiger partial charge is 0.385 e. The summed E-state index contributed by atoms with van der Waals surface area (Å²) in [5.74, 6) is 0. The average Bonchev–Trinajstić information content (AvgIpc) is 2.28. The van der Waals surface area contributed by atoms with Gasteiger partial charge in [-0.3, -0.25) is 4.98 Å². The highest BCUT2D eigenvalue weighted by molar-refractivity contribution is 5.44. The fourth-order valence-electron chi connectivity index (χ4n) is 2.01. The molecular formula is C14H25N3. The molecule has 0 saturated carbocycles. The van der Waals surface area contributed by atoms with Crippen molar-refractivity contribution >= 4 is 5.69 Å².